The summed E-state index contributed by atoms with van der Waals surface area (Å²) in [6, 6.07) is 1.79. The number of ether oxygens (including phenoxy) is 1. The second-order valence-corrected chi connectivity index (χ2v) is 2.85. The van der Waals surface area contributed by atoms with Crippen LogP contribution in [0.1, 0.15) is 20.3 Å². The van der Waals surface area contributed by atoms with Gasteiger partial charge in [-0.25, -0.2) is 4.79 Å². The van der Waals surface area contributed by atoms with Gasteiger partial charge in [0.05, 0.1) is 7.11 Å². The first-order valence-corrected chi connectivity index (χ1v) is 3.80. The Morgan fingerprint density at radius 2 is 2.25 bits per heavy atom. The number of hydrogen-bond donors (Lipinski definition) is 0. The van der Waals surface area contributed by atoms with Crippen molar-refractivity contribution in [2.45, 2.75) is 20.3 Å². The van der Waals surface area contributed by atoms with Gasteiger partial charge in [-0.15, -0.1) is 0 Å². The van der Waals surface area contributed by atoms with E-state index in [1.54, 1.807) is 12.1 Å². The van der Waals surface area contributed by atoms with Gasteiger partial charge in [0, 0.05) is 0 Å². The lowest BCUT2D eigenvalue weighted by molar-refractivity contribution is -0.135. The van der Waals surface area contributed by atoms with E-state index in [0.717, 1.165) is 6.42 Å². The minimum Gasteiger partial charge on any atom is -0.465 e. The van der Waals surface area contributed by atoms with Gasteiger partial charge in [0.2, 0.25) is 0 Å². The highest BCUT2D eigenvalue weighted by Crippen LogP contribution is 2.04. The van der Waals surface area contributed by atoms with E-state index in [-0.39, 0.29) is 5.57 Å². The van der Waals surface area contributed by atoms with E-state index in [9.17, 15) is 4.79 Å². The molecule has 66 valence electrons. The molecule has 0 rings (SSSR count). The number of hydrogen-bond acceptors (Lipinski definition) is 3. The monoisotopic (exact) mass is 167 g/mol. The Hall–Kier alpha value is -1.30. The smallest absolute Gasteiger partial charge is 0.348 e. The van der Waals surface area contributed by atoms with Gasteiger partial charge in [-0.2, -0.15) is 5.26 Å². The molecule has 0 heterocycles. The molecule has 0 N–H and O–H groups in total. The molecular formula is C9H13NO2. The topological polar surface area (TPSA) is 50.1 Å². The molecule has 0 aromatic carbocycles. The number of carbonyl (C=O) groups excluding carboxylic acids is 1. The maximum atomic E-state index is 10.8. The summed E-state index contributed by atoms with van der Waals surface area (Å²) in [7, 11) is 1.27. The van der Waals surface area contributed by atoms with Crippen LogP contribution >= 0.6 is 0 Å². The van der Waals surface area contributed by atoms with E-state index >= 15 is 0 Å². The first-order chi connectivity index (χ1) is 5.61. The van der Waals surface area contributed by atoms with Gasteiger partial charge in [-0.1, -0.05) is 19.9 Å². The predicted octanol–water partition coefficient (Wildman–Crippen LogP) is 1.66. The van der Waals surface area contributed by atoms with Crippen LogP contribution < -0.4 is 0 Å². The van der Waals surface area contributed by atoms with Gasteiger partial charge >= 0.3 is 5.97 Å². The number of nitrogens with zero attached hydrogens (tertiary/aromatic N) is 1. The Morgan fingerprint density at radius 3 is 2.58 bits per heavy atom. The van der Waals surface area contributed by atoms with Crippen molar-refractivity contribution in [3.63, 3.8) is 0 Å². The van der Waals surface area contributed by atoms with Crippen LogP contribution in [0.2, 0.25) is 0 Å². The number of nitriles is 1. The SMILES string of the molecule is COC(=O)/C(C#N)=C/CC(C)C. The Balaban J connectivity index is 4.26. The lowest BCUT2D eigenvalue weighted by atomic mass is 10.1. The Kier molecular flexibility index (Phi) is 4.78. The average Bonchev–Trinajstić information content (AvgIpc) is 2.04. The van der Waals surface area contributed by atoms with E-state index in [1.807, 2.05) is 13.8 Å². The molecular weight excluding hydrogens is 154 g/mol. The highest BCUT2D eigenvalue weighted by Gasteiger charge is 2.07. The van der Waals surface area contributed by atoms with E-state index in [0.29, 0.717) is 5.92 Å². The fraction of sp³-hybridized carbons (Fsp3) is 0.556. The van der Waals surface area contributed by atoms with Crippen LogP contribution in [0.3, 0.4) is 0 Å². The van der Waals surface area contributed by atoms with Gasteiger partial charge in [0.25, 0.3) is 0 Å². The van der Waals surface area contributed by atoms with Crippen LogP contribution in [0.4, 0.5) is 0 Å². The minimum absolute atomic E-state index is 0.0891. The molecule has 0 aliphatic carbocycles. The van der Waals surface area contributed by atoms with Gasteiger partial charge in [0.15, 0.2) is 0 Å². The molecule has 0 aromatic heterocycles. The summed E-state index contributed by atoms with van der Waals surface area (Å²) in [5.41, 5.74) is 0.0891. The van der Waals surface area contributed by atoms with Gasteiger partial charge in [0.1, 0.15) is 11.6 Å². The molecule has 0 aliphatic heterocycles. The molecule has 0 aliphatic rings. The third-order valence-corrected chi connectivity index (χ3v) is 1.32. The highest BCUT2D eigenvalue weighted by atomic mass is 16.5. The molecule has 3 heteroatoms. The van der Waals surface area contributed by atoms with Crippen molar-refractivity contribution < 1.29 is 9.53 Å². The Bertz CT molecular complexity index is 223. The van der Waals surface area contributed by atoms with Crippen molar-refractivity contribution in [3.05, 3.63) is 11.6 Å². The zero-order valence-corrected chi connectivity index (χ0v) is 7.63. The van der Waals surface area contributed by atoms with E-state index in [4.69, 9.17) is 5.26 Å². The predicted molar refractivity (Wildman–Crippen MR) is 45.2 cm³/mol. The first kappa shape index (κ1) is 10.7. The summed E-state index contributed by atoms with van der Waals surface area (Å²) in [6.45, 7) is 4.03. The van der Waals surface area contributed by atoms with Crippen molar-refractivity contribution in [1.29, 1.82) is 5.26 Å². The van der Waals surface area contributed by atoms with Crippen LogP contribution in [0.25, 0.3) is 0 Å². The van der Waals surface area contributed by atoms with Crippen molar-refractivity contribution in [1.82, 2.24) is 0 Å². The zero-order valence-electron chi connectivity index (χ0n) is 7.63. The van der Waals surface area contributed by atoms with Crippen molar-refractivity contribution in [2.75, 3.05) is 7.11 Å². The fourth-order valence-electron chi connectivity index (χ4n) is 0.638. The second kappa shape index (κ2) is 5.36. The van der Waals surface area contributed by atoms with E-state index in [1.165, 1.54) is 7.11 Å². The summed E-state index contributed by atoms with van der Waals surface area (Å²) in [6.07, 6.45) is 2.33. The molecule has 3 nitrogen and oxygen atoms in total. The fourth-order valence-corrected chi connectivity index (χ4v) is 0.638. The van der Waals surface area contributed by atoms with Crippen molar-refractivity contribution in [3.8, 4) is 6.07 Å². The average molecular weight is 167 g/mol. The van der Waals surface area contributed by atoms with Crippen LogP contribution in [-0.4, -0.2) is 13.1 Å². The summed E-state index contributed by atoms with van der Waals surface area (Å²) in [5, 5.41) is 8.52. The van der Waals surface area contributed by atoms with Gasteiger partial charge in [-0.05, 0) is 12.3 Å². The number of carbonyl (C=O) groups is 1. The Labute approximate surface area is 72.6 Å². The number of esters is 1. The molecule has 0 saturated carbocycles. The maximum absolute atomic E-state index is 10.8. The van der Waals surface area contributed by atoms with E-state index in [2.05, 4.69) is 4.74 Å². The van der Waals surface area contributed by atoms with E-state index < -0.39 is 5.97 Å². The number of rotatable bonds is 3. The first-order valence-electron chi connectivity index (χ1n) is 3.80. The molecule has 0 radical (unpaired) electrons. The third kappa shape index (κ3) is 3.77. The molecule has 0 unspecified atom stereocenters. The lowest BCUT2D eigenvalue weighted by Gasteiger charge is -1.98. The molecule has 0 fully saturated rings. The molecule has 12 heavy (non-hydrogen) atoms. The standard InChI is InChI=1S/C9H13NO2/c1-7(2)4-5-8(6-10)9(11)12-3/h5,7H,4H2,1-3H3/b8-5+. The molecule has 0 aromatic rings. The van der Waals surface area contributed by atoms with Crippen LogP contribution in [-0.2, 0) is 9.53 Å². The van der Waals surface area contributed by atoms with Crippen molar-refractivity contribution >= 4 is 5.97 Å². The normalized spacial score (nSPS) is 11.1. The number of methoxy groups -OCH3 is 1. The molecule has 0 atom stereocenters. The van der Waals surface area contributed by atoms with Gasteiger partial charge in [-0.3, -0.25) is 0 Å². The summed E-state index contributed by atoms with van der Waals surface area (Å²) in [4.78, 5) is 10.8. The maximum Gasteiger partial charge on any atom is 0.348 e. The van der Waals surface area contributed by atoms with Crippen molar-refractivity contribution in [2.24, 2.45) is 5.92 Å². The summed E-state index contributed by atoms with van der Waals surface area (Å²) in [5.74, 6) is -0.115. The Morgan fingerprint density at radius 1 is 1.67 bits per heavy atom. The molecule has 0 bridgehead atoms. The van der Waals surface area contributed by atoms with Crippen LogP contribution in [0, 0.1) is 17.2 Å². The van der Waals surface area contributed by atoms with Gasteiger partial charge < -0.3 is 4.74 Å². The second-order valence-electron chi connectivity index (χ2n) is 2.85. The summed E-state index contributed by atoms with van der Waals surface area (Å²) < 4.78 is 4.41. The molecule has 0 spiro atoms. The largest absolute Gasteiger partial charge is 0.465 e. The molecule has 0 amide bonds. The highest BCUT2D eigenvalue weighted by molar-refractivity contribution is 5.92. The van der Waals surface area contributed by atoms with Crippen LogP contribution in [0.5, 0.6) is 0 Å². The zero-order chi connectivity index (χ0) is 9.56. The molecule has 0 saturated heterocycles. The lowest BCUT2D eigenvalue weighted by Crippen LogP contribution is -2.03. The number of allylic oxidation sites excluding steroid dienone is 1. The van der Waals surface area contributed by atoms with Crippen LogP contribution in [0.15, 0.2) is 11.6 Å². The minimum atomic E-state index is -0.557. The quantitative estimate of drug-likeness (QED) is 0.365. The third-order valence-electron chi connectivity index (χ3n) is 1.32. The summed E-state index contributed by atoms with van der Waals surface area (Å²) >= 11 is 0.